The molecule has 9 heteroatoms. The van der Waals surface area contributed by atoms with Gasteiger partial charge in [-0.15, -0.1) is 0 Å². The van der Waals surface area contributed by atoms with Crippen LogP contribution in [0, 0.1) is 0 Å². The van der Waals surface area contributed by atoms with Crippen molar-refractivity contribution in [1.29, 1.82) is 0 Å². The fourth-order valence-corrected chi connectivity index (χ4v) is 4.95. The number of piperazine rings is 1. The number of hydrogen-bond donors (Lipinski definition) is 1. The van der Waals surface area contributed by atoms with Crippen molar-refractivity contribution in [3.05, 3.63) is 51.5 Å². The van der Waals surface area contributed by atoms with Gasteiger partial charge < -0.3 is 9.80 Å². The predicted octanol–water partition coefficient (Wildman–Crippen LogP) is 5.87. The summed E-state index contributed by atoms with van der Waals surface area (Å²) in [5.41, 5.74) is 6.57. The minimum absolute atomic E-state index is 0.0505. The first kappa shape index (κ1) is 22.0. The molecule has 1 amide bonds. The smallest absolute Gasteiger partial charge is 0.254 e. The zero-order valence-electron chi connectivity index (χ0n) is 17.4. The summed E-state index contributed by atoms with van der Waals surface area (Å²) in [4.78, 5) is 21.7. The Morgan fingerprint density at radius 1 is 1.26 bits per heavy atom. The number of halogens is 2. The molecule has 1 aliphatic heterocycles. The molecule has 1 aromatic heterocycles. The molecule has 2 heterocycles. The van der Waals surface area contributed by atoms with Crippen LogP contribution in [-0.4, -0.2) is 47.7 Å². The summed E-state index contributed by atoms with van der Waals surface area (Å²) in [7, 11) is 0. The van der Waals surface area contributed by atoms with Crippen LogP contribution in [-0.2, 0) is 0 Å². The normalized spacial score (nSPS) is 14.9. The molecule has 6 nitrogen and oxygen atoms in total. The number of fused-ring (bicyclic) bond motifs is 1. The minimum Gasteiger partial charge on any atom is -0.365 e. The van der Waals surface area contributed by atoms with Crippen LogP contribution >= 0.6 is 38.9 Å². The van der Waals surface area contributed by atoms with Crippen LogP contribution in [0.4, 0.5) is 10.8 Å². The maximum absolute atomic E-state index is 12.9. The molecule has 0 radical (unpaired) electrons. The number of hydrazone groups is 1. The van der Waals surface area contributed by atoms with Gasteiger partial charge in [0.2, 0.25) is 5.13 Å². The molecule has 1 saturated heterocycles. The third kappa shape index (κ3) is 4.86. The quantitative estimate of drug-likeness (QED) is 0.337. The van der Waals surface area contributed by atoms with E-state index >= 15 is 0 Å². The van der Waals surface area contributed by atoms with Crippen LogP contribution in [0.3, 0.4) is 0 Å². The monoisotopic (exact) mass is 519 g/mol. The molecule has 1 N–H and O–H groups in total. The highest BCUT2D eigenvalue weighted by molar-refractivity contribution is 9.10. The second kappa shape index (κ2) is 9.54. The van der Waals surface area contributed by atoms with Gasteiger partial charge in [-0.1, -0.05) is 51.9 Å². The Labute approximate surface area is 199 Å². The number of carbonyl (C=O) groups excluding carboxylic acids is 1. The Morgan fingerprint density at radius 3 is 2.74 bits per heavy atom. The van der Waals surface area contributed by atoms with Crippen molar-refractivity contribution in [2.45, 2.75) is 20.3 Å². The number of nitrogens with one attached hydrogen (secondary N) is 1. The van der Waals surface area contributed by atoms with Crippen LogP contribution < -0.4 is 10.3 Å². The summed E-state index contributed by atoms with van der Waals surface area (Å²) >= 11 is 11.6. The molecule has 2 aromatic carbocycles. The molecule has 4 rings (SSSR count). The van der Waals surface area contributed by atoms with Gasteiger partial charge in [-0.05, 0) is 43.7 Å². The Kier molecular flexibility index (Phi) is 6.79. The lowest BCUT2D eigenvalue weighted by atomic mass is 10.1. The van der Waals surface area contributed by atoms with E-state index in [9.17, 15) is 4.79 Å². The van der Waals surface area contributed by atoms with E-state index in [-0.39, 0.29) is 5.91 Å². The summed E-state index contributed by atoms with van der Waals surface area (Å²) in [6.07, 6.45) is 0.887. The molecule has 162 valence electrons. The number of thiazole rings is 1. The van der Waals surface area contributed by atoms with Gasteiger partial charge in [-0.2, -0.15) is 5.10 Å². The number of aromatic nitrogens is 1. The number of hydrogen-bond acceptors (Lipinski definition) is 6. The zero-order valence-corrected chi connectivity index (χ0v) is 20.5. The van der Waals surface area contributed by atoms with E-state index in [1.807, 2.05) is 48.2 Å². The summed E-state index contributed by atoms with van der Waals surface area (Å²) in [5, 5.41) is 5.77. The lowest BCUT2D eigenvalue weighted by Crippen LogP contribution is -2.49. The third-order valence-electron chi connectivity index (χ3n) is 5.29. The van der Waals surface area contributed by atoms with E-state index in [1.54, 1.807) is 11.3 Å². The van der Waals surface area contributed by atoms with Gasteiger partial charge in [-0.25, -0.2) is 4.98 Å². The van der Waals surface area contributed by atoms with Crippen LogP contribution in [0.5, 0.6) is 0 Å². The first-order valence-electron chi connectivity index (χ1n) is 10.1. The fourth-order valence-electron chi connectivity index (χ4n) is 3.46. The van der Waals surface area contributed by atoms with Gasteiger partial charge >= 0.3 is 0 Å². The van der Waals surface area contributed by atoms with Gasteiger partial charge in [0.25, 0.3) is 5.91 Å². The first-order valence-corrected chi connectivity index (χ1v) is 12.1. The number of amides is 1. The average molecular weight is 521 g/mol. The van der Waals surface area contributed by atoms with Crippen LogP contribution in [0.1, 0.15) is 30.6 Å². The van der Waals surface area contributed by atoms with Crippen molar-refractivity contribution in [2.24, 2.45) is 5.10 Å². The van der Waals surface area contributed by atoms with Crippen molar-refractivity contribution in [2.75, 3.05) is 36.5 Å². The average Bonchev–Trinajstić information content (AvgIpc) is 3.20. The van der Waals surface area contributed by atoms with Gasteiger partial charge in [0.1, 0.15) is 5.52 Å². The summed E-state index contributed by atoms with van der Waals surface area (Å²) in [6.45, 7) is 6.72. The van der Waals surface area contributed by atoms with Crippen molar-refractivity contribution in [3.63, 3.8) is 0 Å². The third-order valence-corrected chi connectivity index (χ3v) is 7.02. The summed E-state index contributed by atoms with van der Waals surface area (Å²) in [6, 6.07) is 11.4. The molecule has 3 aromatic rings. The molecule has 0 bridgehead atoms. The largest absolute Gasteiger partial charge is 0.365 e. The van der Waals surface area contributed by atoms with E-state index in [1.165, 1.54) is 0 Å². The number of rotatable bonds is 5. The predicted molar refractivity (Wildman–Crippen MR) is 134 cm³/mol. The summed E-state index contributed by atoms with van der Waals surface area (Å²) in [5.74, 6) is 0.0505. The van der Waals surface area contributed by atoms with Gasteiger partial charge in [0.15, 0.2) is 0 Å². The van der Waals surface area contributed by atoms with E-state index in [0.717, 1.165) is 37.6 Å². The van der Waals surface area contributed by atoms with Crippen LogP contribution in [0.2, 0.25) is 5.02 Å². The second-order valence-electron chi connectivity index (χ2n) is 7.36. The summed E-state index contributed by atoms with van der Waals surface area (Å²) < 4.78 is 1.96. The lowest BCUT2D eigenvalue weighted by molar-refractivity contribution is 0.0747. The second-order valence-corrected chi connectivity index (χ2v) is 9.72. The van der Waals surface area contributed by atoms with Gasteiger partial charge in [-0.3, -0.25) is 10.2 Å². The topological polar surface area (TPSA) is 60.8 Å². The molecular formula is C22H23BrClN5OS. The number of carbonyl (C=O) groups is 1. The maximum Gasteiger partial charge on any atom is 0.254 e. The zero-order chi connectivity index (χ0) is 22.0. The maximum atomic E-state index is 12.9. The van der Waals surface area contributed by atoms with Gasteiger partial charge in [0, 0.05) is 41.9 Å². The molecule has 0 atom stereocenters. The first-order chi connectivity index (χ1) is 15.0. The van der Waals surface area contributed by atoms with Gasteiger partial charge in [0.05, 0.1) is 15.4 Å². The van der Waals surface area contributed by atoms with E-state index in [2.05, 4.69) is 38.3 Å². The van der Waals surface area contributed by atoms with E-state index in [4.69, 9.17) is 16.6 Å². The van der Waals surface area contributed by atoms with Crippen molar-refractivity contribution >= 4 is 71.5 Å². The van der Waals surface area contributed by atoms with Crippen molar-refractivity contribution in [1.82, 2.24) is 9.88 Å². The molecule has 0 saturated carbocycles. The van der Waals surface area contributed by atoms with Crippen molar-refractivity contribution < 1.29 is 4.79 Å². The highest BCUT2D eigenvalue weighted by Gasteiger charge is 2.25. The van der Waals surface area contributed by atoms with E-state index in [0.29, 0.717) is 36.8 Å². The minimum atomic E-state index is 0.0505. The number of anilines is 2. The van der Waals surface area contributed by atoms with Crippen LogP contribution in [0.15, 0.2) is 46.0 Å². The molecule has 31 heavy (non-hydrogen) atoms. The highest BCUT2D eigenvalue weighted by Crippen LogP contribution is 2.38. The molecule has 1 aliphatic rings. The van der Waals surface area contributed by atoms with E-state index < -0.39 is 0 Å². The molecule has 0 spiro atoms. The van der Waals surface area contributed by atoms with Crippen molar-refractivity contribution in [3.8, 4) is 0 Å². The SMILES string of the molecule is CC/C(C)=N\Nc1nc2c(N3CCN(C(=O)c4cccc(Br)c4)CC3)c(Cl)ccc2s1. The Balaban J connectivity index is 1.52. The van der Waals surface area contributed by atoms with Crippen LogP contribution in [0.25, 0.3) is 10.2 Å². The molecule has 0 aliphatic carbocycles. The number of benzene rings is 2. The molecule has 0 unspecified atom stereocenters. The molecular weight excluding hydrogens is 498 g/mol. The Bertz CT molecular complexity index is 1140. The standard InChI is InChI=1S/C22H23BrClN5OS/c1-3-14(2)26-27-22-25-19-18(31-22)8-7-17(24)20(19)28-9-11-29(12-10-28)21(30)15-5-4-6-16(23)13-15/h4-8,13H,3,9-12H2,1-2H3,(H,25,27)/b26-14-. The lowest BCUT2D eigenvalue weighted by Gasteiger charge is -2.36. The molecule has 1 fully saturated rings. The Hall–Kier alpha value is -2.16. The fraction of sp³-hybridized carbons (Fsp3) is 0.318. The highest BCUT2D eigenvalue weighted by atomic mass is 79.9. The Morgan fingerprint density at radius 2 is 2.03 bits per heavy atom. The number of nitrogens with zero attached hydrogens (tertiary/aromatic N) is 4.